The van der Waals surface area contributed by atoms with Gasteiger partial charge in [0.1, 0.15) is 0 Å². The van der Waals surface area contributed by atoms with Gasteiger partial charge in [-0.1, -0.05) is 47.6 Å². The Balaban J connectivity index is 2.71. The number of rotatable bonds is 3. The first-order valence-corrected chi connectivity index (χ1v) is 6.49. The van der Waals surface area contributed by atoms with Crippen molar-refractivity contribution in [2.75, 3.05) is 0 Å². The number of aromatic nitrogens is 1. The first-order valence-electron chi connectivity index (χ1n) is 5.26. The molecule has 0 bridgehead atoms. The van der Waals surface area contributed by atoms with Gasteiger partial charge >= 0.3 is 0 Å². The summed E-state index contributed by atoms with van der Waals surface area (Å²) in [6, 6.07) is 7.33. The van der Waals surface area contributed by atoms with Crippen LogP contribution in [0.5, 0.6) is 0 Å². The van der Waals surface area contributed by atoms with E-state index in [0.717, 1.165) is 22.4 Å². The highest BCUT2D eigenvalue weighted by Crippen LogP contribution is 2.34. The Labute approximate surface area is 121 Å². The molecule has 2 N–H and O–H groups in total. The van der Waals surface area contributed by atoms with Crippen LogP contribution in [0, 0.1) is 0 Å². The minimum atomic E-state index is 0.294. The van der Waals surface area contributed by atoms with E-state index in [2.05, 4.69) is 4.98 Å². The van der Waals surface area contributed by atoms with Crippen molar-refractivity contribution < 1.29 is 0 Å². The van der Waals surface area contributed by atoms with Crippen molar-refractivity contribution in [3.05, 3.63) is 51.6 Å². The fourth-order valence-electron chi connectivity index (χ4n) is 1.75. The van der Waals surface area contributed by atoms with Gasteiger partial charge in [-0.2, -0.15) is 0 Å². The number of benzene rings is 1. The Bertz CT molecular complexity index is 600. The van der Waals surface area contributed by atoms with Crippen LogP contribution in [-0.2, 0) is 6.54 Å². The molecule has 0 saturated heterocycles. The van der Waals surface area contributed by atoms with Gasteiger partial charge in [0.2, 0.25) is 0 Å². The van der Waals surface area contributed by atoms with Gasteiger partial charge in [0.15, 0.2) is 0 Å². The van der Waals surface area contributed by atoms with Gasteiger partial charge in [-0.25, -0.2) is 0 Å². The van der Waals surface area contributed by atoms with E-state index >= 15 is 0 Å². The van der Waals surface area contributed by atoms with E-state index < -0.39 is 0 Å². The van der Waals surface area contributed by atoms with Crippen LogP contribution in [0.2, 0.25) is 10.0 Å². The molecule has 1 aromatic heterocycles. The van der Waals surface area contributed by atoms with Crippen LogP contribution in [0.25, 0.3) is 11.3 Å². The van der Waals surface area contributed by atoms with Crippen LogP contribution in [0.3, 0.4) is 0 Å². The van der Waals surface area contributed by atoms with Crippen LogP contribution in [0.15, 0.2) is 30.5 Å². The maximum absolute atomic E-state index is 6.17. The van der Waals surface area contributed by atoms with Crippen molar-refractivity contribution in [2.45, 2.75) is 6.54 Å². The summed E-state index contributed by atoms with van der Waals surface area (Å²) in [5, 5.41) is 2.55. The summed E-state index contributed by atoms with van der Waals surface area (Å²) in [6.07, 6.45) is 1.71. The molecule has 5 heteroatoms. The van der Waals surface area contributed by atoms with Gasteiger partial charge in [0.25, 0.3) is 0 Å². The van der Waals surface area contributed by atoms with Crippen LogP contribution in [0.1, 0.15) is 11.1 Å². The summed E-state index contributed by atoms with van der Waals surface area (Å²) in [7, 11) is 0. The third-order valence-corrected chi connectivity index (χ3v) is 3.72. The standard InChI is InChI=1S/C13H10Cl2N2S/c14-11-4-3-9(10(6-16)12(11)15)13-8(7-18)2-1-5-17-13/h1-5,7H,6,16H2. The molecule has 0 amide bonds. The SMILES string of the molecule is NCc1c(-c2ncccc2C=S)ccc(Cl)c1Cl. The Morgan fingerprint density at radius 3 is 2.72 bits per heavy atom. The van der Waals surface area contributed by atoms with Gasteiger partial charge in [-0.3, -0.25) is 4.98 Å². The zero-order valence-corrected chi connectivity index (χ0v) is 11.7. The zero-order chi connectivity index (χ0) is 13.1. The van der Waals surface area contributed by atoms with Gasteiger partial charge in [-0.15, -0.1) is 0 Å². The highest BCUT2D eigenvalue weighted by Gasteiger charge is 2.13. The monoisotopic (exact) mass is 296 g/mol. The number of pyridine rings is 1. The smallest absolute Gasteiger partial charge is 0.0786 e. The lowest BCUT2D eigenvalue weighted by Gasteiger charge is -2.12. The molecule has 0 aliphatic heterocycles. The number of nitrogens with zero attached hydrogens (tertiary/aromatic N) is 1. The Morgan fingerprint density at radius 2 is 2.06 bits per heavy atom. The summed E-state index contributed by atoms with van der Waals surface area (Å²) >= 11 is 17.1. The number of hydrogen-bond donors (Lipinski definition) is 1. The zero-order valence-electron chi connectivity index (χ0n) is 9.36. The maximum Gasteiger partial charge on any atom is 0.0786 e. The van der Waals surface area contributed by atoms with E-state index in [4.69, 9.17) is 41.2 Å². The summed E-state index contributed by atoms with van der Waals surface area (Å²) in [5.74, 6) is 0. The first kappa shape index (κ1) is 13.4. The molecule has 0 radical (unpaired) electrons. The van der Waals surface area contributed by atoms with E-state index in [9.17, 15) is 0 Å². The molecule has 1 aromatic carbocycles. The Morgan fingerprint density at radius 1 is 1.28 bits per heavy atom. The predicted molar refractivity (Wildman–Crippen MR) is 80.3 cm³/mol. The summed E-state index contributed by atoms with van der Waals surface area (Å²) in [6.45, 7) is 0.294. The van der Waals surface area contributed by atoms with E-state index in [0.29, 0.717) is 16.6 Å². The summed E-state index contributed by atoms with van der Waals surface area (Å²) < 4.78 is 0. The van der Waals surface area contributed by atoms with E-state index in [1.807, 2.05) is 18.2 Å². The maximum atomic E-state index is 6.17. The fraction of sp³-hybridized carbons (Fsp3) is 0.0769. The molecule has 18 heavy (non-hydrogen) atoms. The van der Waals surface area contributed by atoms with Crippen molar-refractivity contribution in [3.63, 3.8) is 0 Å². The molecular weight excluding hydrogens is 287 g/mol. The topological polar surface area (TPSA) is 38.9 Å². The molecule has 1 heterocycles. The van der Waals surface area contributed by atoms with Gasteiger partial charge < -0.3 is 5.73 Å². The molecule has 0 spiro atoms. The molecule has 2 aromatic rings. The quantitative estimate of drug-likeness (QED) is 0.874. The molecule has 0 unspecified atom stereocenters. The summed E-state index contributed by atoms with van der Waals surface area (Å²) in [5.41, 5.74) is 9.02. The second-order valence-corrected chi connectivity index (χ2v) is 4.67. The highest BCUT2D eigenvalue weighted by atomic mass is 35.5. The number of nitrogens with two attached hydrogens (primary N) is 1. The van der Waals surface area contributed by atoms with Crippen molar-refractivity contribution in [1.29, 1.82) is 0 Å². The average molecular weight is 297 g/mol. The molecule has 92 valence electrons. The average Bonchev–Trinajstić information content (AvgIpc) is 2.41. The van der Waals surface area contributed by atoms with Crippen molar-refractivity contribution in [3.8, 4) is 11.3 Å². The van der Waals surface area contributed by atoms with E-state index in [1.54, 1.807) is 17.6 Å². The predicted octanol–water partition coefficient (Wildman–Crippen LogP) is 3.86. The second-order valence-electron chi connectivity index (χ2n) is 3.65. The third-order valence-electron chi connectivity index (χ3n) is 2.62. The number of thiocarbonyl (C=S) groups is 1. The minimum absolute atomic E-state index is 0.294. The first-order chi connectivity index (χ1) is 8.69. The minimum Gasteiger partial charge on any atom is -0.326 e. The third kappa shape index (κ3) is 2.40. The van der Waals surface area contributed by atoms with Crippen molar-refractivity contribution in [1.82, 2.24) is 4.98 Å². The number of halogens is 2. The lowest BCUT2D eigenvalue weighted by atomic mass is 10.0. The Kier molecular flexibility index (Phi) is 4.30. The lowest BCUT2D eigenvalue weighted by molar-refractivity contribution is 1.07. The largest absolute Gasteiger partial charge is 0.326 e. The van der Waals surface area contributed by atoms with Crippen LogP contribution in [0.4, 0.5) is 0 Å². The fourth-order valence-corrected chi connectivity index (χ4v) is 2.36. The van der Waals surface area contributed by atoms with Crippen LogP contribution < -0.4 is 5.73 Å². The van der Waals surface area contributed by atoms with Gasteiger partial charge in [0.05, 0.1) is 15.7 Å². The van der Waals surface area contributed by atoms with Crippen molar-refractivity contribution in [2.24, 2.45) is 5.73 Å². The number of hydrogen-bond acceptors (Lipinski definition) is 3. The van der Waals surface area contributed by atoms with Crippen molar-refractivity contribution >= 4 is 40.8 Å². The molecule has 2 nitrogen and oxygen atoms in total. The summed E-state index contributed by atoms with van der Waals surface area (Å²) in [4.78, 5) is 4.34. The van der Waals surface area contributed by atoms with Crippen LogP contribution in [-0.4, -0.2) is 10.4 Å². The lowest BCUT2D eigenvalue weighted by Crippen LogP contribution is -2.02. The molecule has 2 rings (SSSR count). The Hall–Kier alpha value is -1.000. The molecule has 0 aliphatic rings. The van der Waals surface area contributed by atoms with E-state index in [-0.39, 0.29) is 0 Å². The normalized spacial score (nSPS) is 10.4. The second kappa shape index (κ2) is 5.76. The highest BCUT2D eigenvalue weighted by molar-refractivity contribution is 7.79. The van der Waals surface area contributed by atoms with Gasteiger partial charge in [0, 0.05) is 29.2 Å². The molecular formula is C13H10Cl2N2S. The van der Waals surface area contributed by atoms with Crippen LogP contribution >= 0.6 is 35.4 Å². The molecule has 0 atom stereocenters. The molecule has 0 saturated carbocycles. The van der Waals surface area contributed by atoms with E-state index in [1.165, 1.54) is 0 Å². The molecule has 0 aliphatic carbocycles. The van der Waals surface area contributed by atoms with Gasteiger partial charge in [-0.05, 0) is 17.7 Å². The molecule has 0 fully saturated rings.